The Balaban J connectivity index is 2.56. The van der Waals surface area contributed by atoms with Gasteiger partial charge in [0.2, 0.25) is 0 Å². The van der Waals surface area contributed by atoms with E-state index in [1.165, 1.54) is 12.7 Å². The van der Waals surface area contributed by atoms with Gasteiger partial charge in [0.05, 0.1) is 17.7 Å². The lowest BCUT2D eigenvalue weighted by molar-refractivity contribution is 0.0600. The first-order valence-electron chi connectivity index (χ1n) is 5.51. The van der Waals surface area contributed by atoms with Crippen molar-refractivity contribution in [2.45, 2.75) is 30.6 Å². The summed E-state index contributed by atoms with van der Waals surface area (Å²) in [5.41, 5.74) is 1.81. The quantitative estimate of drug-likeness (QED) is 0.724. The van der Waals surface area contributed by atoms with Crippen molar-refractivity contribution in [1.29, 1.82) is 0 Å². The first kappa shape index (κ1) is 12.8. The van der Waals surface area contributed by atoms with Crippen LogP contribution in [-0.2, 0) is 10.2 Å². The summed E-state index contributed by atoms with van der Waals surface area (Å²) in [5, 5.41) is 0.534. The van der Waals surface area contributed by atoms with Gasteiger partial charge >= 0.3 is 5.97 Å². The lowest BCUT2D eigenvalue weighted by atomic mass is 9.81. The van der Waals surface area contributed by atoms with Crippen molar-refractivity contribution in [2.24, 2.45) is 0 Å². The van der Waals surface area contributed by atoms with Gasteiger partial charge in [-0.25, -0.2) is 4.79 Å². The highest BCUT2D eigenvalue weighted by atomic mass is 35.5. The molecule has 0 aromatic heterocycles. The number of benzene rings is 1. The van der Waals surface area contributed by atoms with Crippen molar-refractivity contribution in [1.82, 2.24) is 0 Å². The summed E-state index contributed by atoms with van der Waals surface area (Å²) < 4.78 is 4.73. The van der Waals surface area contributed by atoms with Crippen LogP contribution < -0.4 is 0 Å². The van der Waals surface area contributed by atoms with E-state index in [0.29, 0.717) is 10.6 Å². The largest absolute Gasteiger partial charge is 0.465 e. The molecule has 0 unspecified atom stereocenters. The lowest BCUT2D eigenvalue weighted by Crippen LogP contribution is -2.23. The highest BCUT2D eigenvalue weighted by Gasteiger charge is 2.30. The van der Waals surface area contributed by atoms with E-state index >= 15 is 0 Å². The number of rotatable bonds is 1. The van der Waals surface area contributed by atoms with E-state index < -0.39 is 0 Å². The number of halogens is 1. The van der Waals surface area contributed by atoms with Crippen LogP contribution in [0.2, 0.25) is 5.02 Å². The van der Waals surface area contributed by atoms with E-state index in [-0.39, 0.29) is 11.4 Å². The molecule has 0 bridgehead atoms. The average Bonchev–Trinajstić information content (AvgIpc) is 2.29. The van der Waals surface area contributed by atoms with Gasteiger partial charge in [-0.15, -0.1) is 11.8 Å². The lowest BCUT2D eigenvalue weighted by Gasteiger charge is -2.32. The Bertz CT molecular complexity index is 469. The van der Waals surface area contributed by atoms with E-state index in [2.05, 4.69) is 13.8 Å². The summed E-state index contributed by atoms with van der Waals surface area (Å²) in [6.07, 6.45) is 1.12. The standard InChI is InChI=1S/C13H15ClO2S/c1-13(2)6-7-17-11-9(13)5-4-8(10(11)14)12(15)16-3/h4-5H,6-7H2,1-3H3. The van der Waals surface area contributed by atoms with Gasteiger partial charge in [-0.3, -0.25) is 0 Å². The second-order valence-electron chi connectivity index (χ2n) is 4.78. The van der Waals surface area contributed by atoms with Gasteiger partial charge in [0.1, 0.15) is 0 Å². The molecule has 0 radical (unpaired) electrons. The SMILES string of the molecule is COC(=O)c1ccc2c(c1Cl)SCCC2(C)C. The zero-order valence-corrected chi connectivity index (χ0v) is 11.7. The molecule has 1 aliphatic rings. The van der Waals surface area contributed by atoms with Gasteiger partial charge in [0.25, 0.3) is 0 Å². The van der Waals surface area contributed by atoms with Crippen molar-refractivity contribution in [3.05, 3.63) is 28.3 Å². The predicted octanol–water partition coefficient (Wildman–Crippen LogP) is 3.90. The van der Waals surface area contributed by atoms with Crippen molar-refractivity contribution >= 4 is 29.3 Å². The van der Waals surface area contributed by atoms with E-state index in [1.807, 2.05) is 6.07 Å². The average molecular weight is 271 g/mol. The fraction of sp³-hybridized carbons (Fsp3) is 0.462. The normalized spacial score (nSPS) is 17.4. The van der Waals surface area contributed by atoms with E-state index in [0.717, 1.165) is 17.1 Å². The van der Waals surface area contributed by atoms with Crippen molar-refractivity contribution in [3.8, 4) is 0 Å². The number of carbonyl (C=O) groups is 1. The van der Waals surface area contributed by atoms with Crippen LogP contribution in [0.4, 0.5) is 0 Å². The number of carbonyl (C=O) groups excluding carboxylic acids is 1. The third-order valence-electron chi connectivity index (χ3n) is 3.21. The van der Waals surface area contributed by atoms with Crippen LogP contribution in [0.5, 0.6) is 0 Å². The van der Waals surface area contributed by atoms with Crippen LogP contribution in [-0.4, -0.2) is 18.8 Å². The fourth-order valence-corrected chi connectivity index (χ4v) is 4.00. The molecule has 1 aromatic rings. The van der Waals surface area contributed by atoms with Gasteiger partial charge in [-0.1, -0.05) is 31.5 Å². The molecule has 0 amide bonds. The third kappa shape index (κ3) is 2.18. The van der Waals surface area contributed by atoms with Gasteiger partial charge in [-0.2, -0.15) is 0 Å². The smallest absolute Gasteiger partial charge is 0.339 e. The maximum atomic E-state index is 11.6. The molecular weight excluding hydrogens is 256 g/mol. The van der Waals surface area contributed by atoms with Gasteiger partial charge in [-0.05, 0) is 29.2 Å². The molecule has 0 spiro atoms. The second kappa shape index (κ2) is 4.54. The minimum Gasteiger partial charge on any atom is -0.465 e. The summed E-state index contributed by atoms with van der Waals surface area (Å²) in [7, 11) is 1.37. The Morgan fingerprint density at radius 3 is 2.82 bits per heavy atom. The molecule has 0 atom stereocenters. The summed E-state index contributed by atoms with van der Waals surface area (Å²) in [6.45, 7) is 4.42. The van der Waals surface area contributed by atoms with Gasteiger partial charge < -0.3 is 4.74 Å². The number of hydrogen-bond acceptors (Lipinski definition) is 3. The Kier molecular flexibility index (Phi) is 3.41. The highest BCUT2D eigenvalue weighted by molar-refractivity contribution is 7.99. The molecule has 0 fully saturated rings. The van der Waals surface area contributed by atoms with Crippen LogP contribution in [0.1, 0.15) is 36.2 Å². The molecule has 17 heavy (non-hydrogen) atoms. The number of hydrogen-bond donors (Lipinski definition) is 0. The van der Waals surface area contributed by atoms with Crippen molar-refractivity contribution in [3.63, 3.8) is 0 Å². The number of thioether (sulfide) groups is 1. The Morgan fingerprint density at radius 1 is 1.47 bits per heavy atom. The molecule has 92 valence electrons. The zero-order chi connectivity index (χ0) is 12.6. The van der Waals surface area contributed by atoms with E-state index in [1.54, 1.807) is 17.8 Å². The summed E-state index contributed by atoms with van der Waals surface area (Å²) in [6, 6.07) is 3.76. The van der Waals surface area contributed by atoms with Crippen molar-refractivity contribution in [2.75, 3.05) is 12.9 Å². The predicted molar refractivity (Wildman–Crippen MR) is 71.2 cm³/mol. The van der Waals surface area contributed by atoms with Gasteiger partial charge in [0, 0.05) is 4.90 Å². The molecule has 2 rings (SSSR count). The van der Waals surface area contributed by atoms with E-state index in [9.17, 15) is 4.79 Å². The molecule has 0 aliphatic carbocycles. The molecule has 0 saturated carbocycles. The fourth-order valence-electron chi connectivity index (χ4n) is 2.04. The van der Waals surface area contributed by atoms with Crippen LogP contribution in [0, 0.1) is 0 Å². The maximum absolute atomic E-state index is 11.6. The number of esters is 1. The molecule has 0 saturated heterocycles. The molecule has 2 nitrogen and oxygen atoms in total. The number of fused-ring (bicyclic) bond motifs is 1. The first-order valence-corrected chi connectivity index (χ1v) is 6.88. The Hall–Kier alpha value is -0.670. The number of ether oxygens (including phenoxy) is 1. The first-order chi connectivity index (χ1) is 7.97. The Morgan fingerprint density at radius 2 is 2.18 bits per heavy atom. The minimum atomic E-state index is -0.373. The summed E-state index contributed by atoms with van der Waals surface area (Å²) >= 11 is 8.03. The topological polar surface area (TPSA) is 26.3 Å². The van der Waals surface area contributed by atoms with Crippen LogP contribution >= 0.6 is 23.4 Å². The Labute approximate surface area is 111 Å². The van der Waals surface area contributed by atoms with Crippen LogP contribution in [0.15, 0.2) is 17.0 Å². The second-order valence-corrected chi connectivity index (χ2v) is 6.26. The van der Waals surface area contributed by atoms with Gasteiger partial charge in [0.15, 0.2) is 0 Å². The molecule has 1 heterocycles. The monoisotopic (exact) mass is 270 g/mol. The highest BCUT2D eigenvalue weighted by Crippen LogP contribution is 2.45. The van der Waals surface area contributed by atoms with Crippen LogP contribution in [0.25, 0.3) is 0 Å². The molecule has 4 heteroatoms. The third-order valence-corrected chi connectivity index (χ3v) is 4.83. The minimum absolute atomic E-state index is 0.124. The maximum Gasteiger partial charge on any atom is 0.339 e. The van der Waals surface area contributed by atoms with E-state index in [4.69, 9.17) is 16.3 Å². The summed E-state index contributed by atoms with van der Waals surface area (Å²) in [4.78, 5) is 12.6. The summed E-state index contributed by atoms with van der Waals surface area (Å²) in [5.74, 6) is 0.659. The molecule has 1 aliphatic heterocycles. The molecular formula is C13H15ClO2S. The molecule has 0 N–H and O–H groups in total. The zero-order valence-electron chi connectivity index (χ0n) is 10.2. The molecule has 1 aromatic carbocycles. The number of methoxy groups -OCH3 is 1. The van der Waals surface area contributed by atoms with Crippen molar-refractivity contribution < 1.29 is 9.53 Å². The van der Waals surface area contributed by atoms with Crippen LogP contribution in [0.3, 0.4) is 0 Å².